The third-order valence-corrected chi connectivity index (χ3v) is 2.24. The molecule has 0 saturated carbocycles. The zero-order chi connectivity index (χ0) is 7.40. The van der Waals surface area contributed by atoms with Gasteiger partial charge in [-0.25, -0.2) is 0 Å². The number of hydrogen-bond acceptors (Lipinski definition) is 2. The summed E-state index contributed by atoms with van der Waals surface area (Å²) in [6.07, 6.45) is 0. The second kappa shape index (κ2) is 3.81. The molecule has 0 aliphatic heterocycles. The van der Waals surface area contributed by atoms with Crippen LogP contribution in [0.4, 0.5) is 0 Å². The minimum atomic E-state index is -2.55. The van der Waals surface area contributed by atoms with Crippen molar-refractivity contribution in [1.29, 1.82) is 0 Å². The topological polar surface area (TPSA) is 29.5 Å². The first-order valence-corrected chi connectivity index (χ1v) is 7.52. The molecule has 1 aromatic carbocycles. The van der Waals surface area contributed by atoms with Gasteiger partial charge in [0.05, 0.1) is 0 Å². The molecule has 1 rings (SSSR count). The molecule has 54 valence electrons. The van der Waals surface area contributed by atoms with Crippen LogP contribution in [0.3, 0.4) is 0 Å². The molecule has 1 unspecified atom stereocenters. The van der Waals surface area contributed by atoms with Crippen molar-refractivity contribution in [3.8, 4) is 5.75 Å². The van der Waals surface area contributed by atoms with Crippen LogP contribution in [0.5, 0.6) is 5.75 Å². The van der Waals surface area contributed by atoms with Gasteiger partial charge in [-0.2, -0.15) is 0 Å². The van der Waals surface area contributed by atoms with Crippen molar-refractivity contribution in [2.45, 2.75) is 0 Å². The Balaban J connectivity index is 2.67. The Bertz CT molecular complexity index is 224. The van der Waals surface area contributed by atoms with Crippen molar-refractivity contribution in [3.63, 3.8) is 0 Å². The molecule has 0 amide bonds. The van der Waals surface area contributed by atoms with Gasteiger partial charge in [0, 0.05) is 0 Å². The zero-order valence-corrected chi connectivity index (χ0v) is 8.07. The number of benzene rings is 1. The molecular weight excluding hydrogens is 211 g/mol. The molecule has 0 aliphatic carbocycles. The Hall–Kier alpha value is -0.242. The van der Waals surface area contributed by atoms with Crippen LogP contribution in [0.1, 0.15) is 0 Å². The van der Waals surface area contributed by atoms with Crippen LogP contribution in [-0.2, 0) is 0 Å². The van der Waals surface area contributed by atoms with Crippen molar-refractivity contribution in [3.05, 3.63) is 30.3 Å². The van der Waals surface area contributed by atoms with E-state index in [4.69, 9.17) is 7.82 Å². The summed E-state index contributed by atoms with van der Waals surface area (Å²) in [6.45, 7) is 0. The van der Waals surface area contributed by atoms with Crippen molar-refractivity contribution >= 4 is 24.1 Å². The third kappa shape index (κ3) is 2.56. The summed E-state index contributed by atoms with van der Waals surface area (Å²) in [4.78, 5) is 0. The molecule has 1 aromatic rings. The number of rotatable bonds is 2. The van der Waals surface area contributed by atoms with Gasteiger partial charge < -0.3 is 0 Å². The summed E-state index contributed by atoms with van der Waals surface area (Å²) < 4.78 is 13.7. The Morgan fingerprint density at radius 2 is 1.90 bits per heavy atom. The van der Waals surface area contributed by atoms with Crippen LogP contribution >= 0.6 is 10.4 Å². The third-order valence-electron chi connectivity index (χ3n) is 0.948. The van der Waals surface area contributed by atoms with Crippen LogP contribution in [0.15, 0.2) is 30.3 Å². The van der Waals surface area contributed by atoms with Crippen molar-refractivity contribution in [2.75, 3.05) is 0 Å². The van der Waals surface area contributed by atoms with E-state index in [0.29, 0.717) is 5.75 Å². The molecular formula is C6H7AsO2S. The van der Waals surface area contributed by atoms with Crippen LogP contribution in [0, 0.1) is 0 Å². The fourth-order valence-electron chi connectivity index (χ4n) is 0.589. The second-order valence-corrected chi connectivity index (χ2v) is 5.04. The molecule has 0 spiro atoms. The van der Waals surface area contributed by atoms with Crippen LogP contribution in [0.25, 0.3) is 0 Å². The van der Waals surface area contributed by atoms with Crippen LogP contribution < -0.4 is 3.73 Å². The Labute approximate surface area is 68.2 Å². The van der Waals surface area contributed by atoms with E-state index < -0.39 is 13.7 Å². The van der Waals surface area contributed by atoms with E-state index >= 15 is 0 Å². The molecule has 4 heteroatoms. The molecule has 2 nitrogen and oxygen atoms in total. The van der Waals surface area contributed by atoms with Crippen LogP contribution in [-0.4, -0.2) is 17.8 Å². The summed E-state index contributed by atoms with van der Waals surface area (Å²) in [6, 6.07) is 9.11. The molecule has 0 radical (unpaired) electrons. The second-order valence-electron chi connectivity index (χ2n) is 1.68. The molecule has 0 aliphatic rings. The van der Waals surface area contributed by atoms with Crippen molar-refractivity contribution < 1.29 is 7.82 Å². The van der Waals surface area contributed by atoms with Gasteiger partial charge in [0.2, 0.25) is 0 Å². The average Bonchev–Trinajstić information content (AvgIpc) is 1.88. The summed E-state index contributed by atoms with van der Waals surface area (Å²) in [5.74, 6) is 0.662. The van der Waals surface area contributed by atoms with E-state index in [1.807, 2.05) is 18.2 Å². The van der Waals surface area contributed by atoms with E-state index in [1.54, 1.807) is 12.1 Å². The molecule has 1 atom stereocenters. The molecule has 0 fully saturated rings. The van der Waals surface area contributed by atoms with Gasteiger partial charge in [0.1, 0.15) is 0 Å². The zero-order valence-electron chi connectivity index (χ0n) is 5.15. The summed E-state index contributed by atoms with van der Waals surface area (Å²) in [5.41, 5.74) is 0. The van der Waals surface area contributed by atoms with E-state index in [0.717, 1.165) is 0 Å². The van der Waals surface area contributed by atoms with E-state index in [-0.39, 0.29) is 0 Å². The molecule has 0 bridgehead atoms. The molecule has 0 heterocycles. The molecule has 1 N–H and O–H groups in total. The van der Waals surface area contributed by atoms with Gasteiger partial charge in [-0.15, -0.1) is 0 Å². The first-order chi connectivity index (χ1) is 4.79. The molecule has 0 aromatic heterocycles. The molecule has 10 heavy (non-hydrogen) atoms. The normalized spacial score (nSPS) is 12.5. The van der Waals surface area contributed by atoms with Gasteiger partial charge in [-0.1, -0.05) is 0 Å². The minimum absolute atomic E-state index is 0.662. The standard InChI is InChI=1S/C6H7AsO2S/c8-7(10)9-6-4-2-1-3-5-6/h1-5,7H,(H,8,10). The fraction of sp³-hybridized carbons (Fsp3) is 0. The summed E-state index contributed by atoms with van der Waals surface area (Å²) in [7, 11) is 4.56. The first kappa shape index (κ1) is 7.86. The van der Waals surface area contributed by atoms with Gasteiger partial charge in [-0.3, -0.25) is 0 Å². The van der Waals surface area contributed by atoms with Crippen molar-refractivity contribution in [2.24, 2.45) is 0 Å². The predicted octanol–water partition coefficient (Wildman–Crippen LogP) is 0.972. The number of hydrogen-bond donors (Lipinski definition) is 1. The van der Waals surface area contributed by atoms with E-state index in [1.165, 1.54) is 0 Å². The summed E-state index contributed by atoms with van der Waals surface area (Å²) >= 11 is -2.55. The monoisotopic (exact) mass is 218 g/mol. The average molecular weight is 218 g/mol. The predicted molar refractivity (Wildman–Crippen MR) is 44.0 cm³/mol. The van der Waals surface area contributed by atoms with Gasteiger partial charge in [-0.05, 0) is 0 Å². The quantitative estimate of drug-likeness (QED) is 0.750. The van der Waals surface area contributed by atoms with Gasteiger partial charge in [0.25, 0.3) is 0 Å². The van der Waals surface area contributed by atoms with Gasteiger partial charge in [0.15, 0.2) is 0 Å². The van der Waals surface area contributed by atoms with Gasteiger partial charge >= 0.3 is 68.0 Å². The van der Waals surface area contributed by atoms with E-state index in [2.05, 4.69) is 10.4 Å². The Morgan fingerprint density at radius 1 is 1.30 bits per heavy atom. The SMILES string of the molecule is O[AsH](=S)Oc1ccccc1. The van der Waals surface area contributed by atoms with E-state index in [9.17, 15) is 0 Å². The molecule has 0 saturated heterocycles. The maximum atomic E-state index is 8.77. The maximum absolute atomic E-state index is 8.77. The van der Waals surface area contributed by atoms with Crippen molar-refractivity contribution in [1.82, 2.24) is 0 Å². The number of para-hydroxylation sites is 1. The fourth-order valence-corrected chi connectivity index (χ4v) is 1.80. The Kier molecular flexibility index (Phi) is 3.00. The van der Waals surface area contributed by atoms with Crippen LogP contribution in [0.2, 0.25) is 0 Å². The first-order valence-electron chi connectivity index (χ1n) is 2.75. The summed E-state index contributed by atoms with van der Waals surface area (Å²) in [5, 5.41) is 0. The Morgan fingerprint density at radius 3 is 2.40 bits per heavy atom.